The van der Waals surface area contributed by atoms with Crippen LogP contribution in [0.4, 0.5) is 0 Å². The fourth-order valence-electron chi connectivity index (χ4n) is 4.09. The molecule has 2 fully saturated rings. The Morgan fingerprint density at radius 2 is 1.64 bits per heavy atom. The molecule has 4 nitrogen and oxygen atoms in total. The van der Waals surface area contributed by atoms with E-state index in [0.29, 0.717) is 5.92 Å². The van der Waals surface area contributed by atoms with E-state index >= 15 is 0 Å². The fraction of sp³-hybridized carbons (Fsp3) is 0.667. The molecule has 2 aliphatic rings. The van der Waals surface area contributed by atoms with E-state index in [2.05, 4.69) is 29.2 Å². The second-order valence-electron chi connectivity index (χ2n) is 7.61. The van der Waals surface area contributed by atoms with Gasteiger partial charge in [0.05, 0.1) is 0 Å². The molecule has 3 rings (SSSR count). The molecule has 0 N–H and O–H groups in total. The monoisotopic (exact) mass is 344 g/mol. The molecular formula is C21H32N2O2. The molecular weight excluding hydrogens is 312 g/mol. The summed E-state index contributed by atoms with van der Waals surface area (Å²) in [6.45, 7) is 5.56. The van der Waals surface area contributed by atoms with Crippen LogP contribution in [0.15, 0.2) is 24.3 Å². The number of ether oxygens (including phenoxy) is 1. The van der Waals surface area contributed by atoms with Crippen LogP contribution in [0.2, 0.25) is 0 Å². The van der Waals surface area contributed by atoms with Crippen molar-refractivity contribution in [2.45, 2.75) is 45.1 Å². The lowest BCUT2D eigenvalue weighted by Gasteiger charge is -2.32. The molecule has 0 saturated carbocycles. The minimum Gasteiger partial charge on any atom is -0.375 e. The molecule has 1 amide bonds. The van der Waals surface area contributed by atoms with Crippen molar-refractivity contribution >= 4 is 5.91 Å². The third-order valence-corrected chi connectivity index (χ3v) is 5.64. The van der Waals surface area contributed by atoms with Crippen LogP contribution in [-0.4, -0.2) is 55.6 Å². The van der Waals surface area contributed by atoms with E-state index in [0.717, 1.165) is 38.9 Å². The number of carbonyl (C=O) groups excluding carboxylic acids is 1. The SMILES string of the molecule is COCC(=O)N1CCC(Cc2ccc(CN3CCCCC3)cc2)CC1. The third kappa shape index (κ3) is 5.55. The zero-order valence-electron chi connectivity index (χ0n) is 15.6. The summed E-state index contributed by atoms with van der Waals surface area (Å²) in [6.07, 6.45) is 7.44. The second-order valence-corrected chi connectivity index (χ2v) is 7.61. The Kier molecular flexibility index (Phi) is 6.88. The highest BCUT2D eigenvalue weighted by atomic mass is 16.5. The second kappa shape index (κ2) is 9.35. The fourth-order valence-corrected chi connectivity index (χ4v) is 4.09. The van der Waals surface area contributed by atoms with Gasteiger partial charge in [0.2, 0.25) is 5.91 Å². The summed E-state index contributed by atoms with van der Waals surface area (Å²) in [5, 5.41) is 0. The van der Waals surface area contributed by atoms with E-state index in [4.69, 9.17) is 4.74 Å². The van der Waals surface area contributed by atoms with Crippen molar-refractivity contribution < 1.29 is 9.53 Å². The van der Waals surface area contributed by atoms with Gasteiger partial charge in [0.25, 0.3) is 0 Å². The number of hydrogen-bond acceptors (Lipinski definition) is 3. The van der Waals surface area contributed by atoms with Crippen LogP contribution in [0.1, 0.15) is 43.2 Å². The molecule has 138 valence electrons. The number of piperidine rings is 2. The van der Waals surface area contributed by atoms with E-state index in [1.807, 2.05) is 4.90 Å². The molecule has 0 aromatic heterocycles. The Hall–Kier alpha value is -1.39. The van der Waals surface area contributed by atoms with E-state index in [1.165, 1.54) is 43.5 Å². The van der Waals surface area contributed by atoms with Gasteiger partial charge in [-0.3, -0.25) is 9.69 Å². The van der Waals surface area contributed by atoms with Gasteiger partial charge >= 0.3 is 0 Å². The van der Waals surface area contributed by atoms with E-state index < -0.39 is 0 Å². The average Bonchev–Trinajstić information content (AvgIpc) is 2.65. The molecule has 2 heterocycles. The van der Waals surface area contributed by atoms with E-state index in [-0.39, 0.29) is 12.5 Å². The standard InChI is InChI=1S/C21H32N2O2/c1-25-17-21(24)23-13-9-19(10-14-23)15-18-5-7-20(8-6-18)16-22-11-3-2-4-12-22/h5-8,19H,2-4,9-17H2,1H3. The first-order valence-corrected chi connectivity index (χ1v) is 9.81. The maximum atomic E-state index is 11.9. The minimum atomic E-state index is 0.128. The molecule has 0 unspecified atom stereocenters. The Balaban J connectivity index is 1.43. The van der Waals surface area contributed by atoms with E-state index in [9.17, 15) is 4.79 Å². The van der Waals surface area contributed by atoms with Gasteiger partial charge in [-0.25, -0.2) is 0 Å². The van der Waals surface area contributed by atoms with Crippen molar-refractivity contribution in [2.24, 2.45) is 5.92 Å². The van der Waals surface area contributed by atoms with Crippen molar-refractivity contribution in [3.05, 3.63) is 35.4 Å². The first-order valence-electron chi connectivity index (χ1n) is 9.81. The topological polar surface area (TPSA) is 32.8 Å². The van der Waals surface area contributed by atoms with Gasteiger partial charge < -0.3 is 9.64 Å². The molecule has 2 saturated heterocycles. The van der Waals surface area contributed by atoms with Gasteiger partial charge in [0, 0.05) is 26.7 Å². The molecule has 1 aromatic rings. The van der Waals surface area contributed by atoms with Gasteiger partial charge in [-0.1, -0.05) is 30.7 Å². The van der Waals surface area contributed by atoms with Crippen LogP contribution in [0.25, 0.3) is 0 Å². The molecule has 2 aliphatic heterocycles. The zero-order valence-corrected chi connectivity index (χ0v) is 15.6. The normalized spacial score (nSPS) is 20.0. The van der Waals surface area contributed by atoms with Crippen molar-refractivity contribution in [3.63, 3.8) is 0 Å². The summed E-state index contributed by atoms with van der Waals surface area (Å²) >= 11 is 0. The van der Waals surface area contributed by atoms with Gasteiger partial charge in [0.1, 0.15) is 6.61 Å². The maximum absolute atomic E-state index is 11.9. The lowest BCUT2D eigenvalue weighted by molar-refractivity contribution is -0.136. The lowest BCUT2D eigenvalue weighted by Crippen LogP contribution is -2.40. The number of nitrogens with zero attached hydrogens (tertiary/aromatic N) is 2. The van der Waals surface area contributed by atoms with Crippen molar-refractivity contribution in [3.8, 4) is 0 Å². The maximum Gasteiger partial charge on any atom is 0.248 e. The number of amides is 1. The third-order valence-electron chi connectivity index (χ3n) is 5.64. The highest BCUT2D eigenvalue weighted by Gasteiger charge is 2.22. The number of rotatable bonds is 6. The van der Waals surface area contributed by atoms with Crippen molar-refractivity contribution in [1.29, 1.82) is 0 Å². The smallest absolute Gasteiger partial charge is 0.248 e. The first kappa shape index (κ1) is 18.4. The van der Waals surface area contributed by atoms with Crippen LogP contribution in [0.5, 0.6) is 0 Å². The predicted molar refractivity (Wildman–Crippen MR) is 100 cm³/mol. The summed E-state index contributed by atoms with van der Waals surface area (Å²) in [7, 11) is 1.58. The number of hydrogen-bond donors (Lipinski definition) is 0. The zero-order chi connectivity index (χ0) is 17.5. The summed E-state index contributed by atoms with van der Waals surface area (Å²) in [6, 6.07) is 9.23. The molecule has 0 bridgehead atoms. The molecule has 25 heavy (non-hydrogen) atoms. The largest absolute Gasteiger partial charge is 0.375 e. The highest BCUT2D eigenvalue weighted by Crippen LogP contribution is 2.22. The van der Waals surface area contributed by atoms with Gasteiger partial charge in [-0.2, -0.15) is 0 Å². The first-order chi connectivity index (χ1) is 12.2. The summed E-state index contributed by atoms with van der Waals surface area (Å²) in [5.74, 6) is 0.822. The lowest BCUT2D eigenvalue weighted by atomic mass is 9.90. The van der Waals surface area contributed by atoms with Crippen molar-refractivity contribution in [1.82, 2.24) is 9.80 Å². The van der Waals surface area contributed by atoms with E-state index in [1.54, 1.807) is 7.11 Å². The summed E-state index contributed by atoms with van der Waals surface area (Å²) < 4.78 is 4.95. The summed E-state index contributed by atoms with van der Waals surface area (Å²) in [5.41, 5.74) is 2.87. The van der Waals surface area contributed by atoms with Gasteiger partial charge in [0.15, 0.2) is 0 Å². The molecule has 0 radical (unpaired) electrons. The molecule has 4 heteroatoms. The average molecular weight is 344 g/mol. The Bertz CT molecular complexity index is 529. The molecule has 0 aliphatic carbocycles. The minimum absolute atomic E-state index is 0.128. The van der Waals surface area contributed by atoms with Gasteiger partial charge in [-0.05, 0) is 62.2 Å². The Labute approximate surface area is 152 Å². The Morgan fingerprint density at radius 3 is 2.28 bits per heavy atom. The number of carbonyl (C=O) groups is 1. The number of likely N-dealkylation sites (tertiary alicyclic amines) is 2. The van der Waals surface area contributed by atoms with Crippen LogP contribution in [0, 0.1) is 5.92 Å². The molecule has 1 aromatic carbocycles. The Morgan fingerprint density at radius 1 is 1.00 bits per heavy atom. The van der Waals surface area contributed by atoms with Crippen LogP contribution in [0.3, 0.4) is 0 Å². The van der Waals surface area contributed by atoms with Crippen LogP contribution < -0.4 is 0 Å². The van der Waals surface area contributed by atoms with Gasteiger partial charge in [-0.15, -0.1) is 0 Å². The van der Waals surface area contributed by atoms with Crippen molar-refractivity contribution in [2.75, 3.05) is 39.9 Å². The predicted octanol–water partition coefficient (Wildman–Crippen LogP) is 3.10. The number of methoxy groups -OCH3 is 1. The quantitative estimate of drug-likeness (QED) is 0.795. The molecule has 0 spiro atoms. The molecule has 0 atom stereocenters. The van der Waals surface area contributed by atoms with Crippen LogP contribution in [-0.2, 0) is 22.5 Å². The summed E-state index contributed by atoms with van der Waals surface area (Å²) in [4.78, 5) is 16.4. The number of benzene rings is 1. The van der Waals surface area contributed by atoms with Crippen LogP contribution >= 0.6 is 0 Å². The highest BCUT2D eigenvalue weighted by molar-refractivity contribution is 5.77.